The summed E-state index contributed by atoms with van der Waals surface area (Å²) in [6.07, 6.45) is 5.31. The summed E-state index contributed by atoms with van der Waals surface area (Å²) in [6.45, 7) is 10.3. The fraction of sp³-hybridized carbons (Fsp3) is 0.727. The summed E-state index contributed by atoms with van der Waals surface area (Å²) in [5.41, 5.74) is 1.36. The van der Waals surface area contributed by atoms with Crippen molar-refractivity contribution in [1.82, 2.24) is 5.32 Å². The van der Waals surface area contributed by atoms with Gasteiger partial charge in [0.25, 0.3) is 0 Å². The molecule has 0 fully saturated rings. The SMILES string of the molecule is CCN=CC(CC)NCC=C(C)C. The molecule has 0 aromatic heterocycles. The Morgan fingerprint density at radius 1 is 1.38 bits per heavy atom. The molecule has 1 atom stereocenters. The highest BCUT2D eigenvalue weighted by Crippen LogP contribution is 1.90. The van der Waals surface area contributed by atoms with Gasteiger partial charge in [-0.25, -0.2) is 0 Å². The van der Waals surface area contributed by atoms with E-state index in [-0.39, 0.29) is 0 Å². The van der Waals surface area contributed by atoms with Crippen molar-refractivity contribution in [3.63, 3.8) is 0 Å². The van der Waals surface area contributed by atoms with E-state index in [9.17, 15) is 0 Å². The molecule has 13 heavy (non-hydrogen) atoms. The van der Waals surface area contributed by atoms with Gasteiger partial charge in [-0.1, -0.05) is 18.6 Å². The lowest BCUT2D eigenvalue weighted by Crippen LogP contribution is -2.30. The van der Waals surface area contributed by atoms with Gasteiger partial charge in [0, 0.05) is 25.3 Å². The summed E-state index contributed by atoms with van der Waals surface area (Å²) in [7, 11) is 0. The van der Waals surface area contributed by atoms with Crippen molar-refractivity contribution >= 4 is 6.21 Å². The van der Waals surface area contributed by atoms with Crippen LogP contribution >= 0.6 is 0 Å². The van der Waals surface area contributed by atoms with E-state index >= 15 is 0 Å². The first-order valence-corrected chi connectivity index (χ1v) is 5.07. The molecule has 76 valence electrons. The van der Waals surface area contributed by atoms with Crippen LogP contribution in [0.4, 0.5) is 0 Å². The van der Waals surface area contributed by atoms with Crippen LogP contribution < -0.4 is 5.32 Å². The van der Waals surface area contributed by atoms with Gasteiger partial charge in [0.2, 0.25) is 0 Å². The highest BCUT2D eigenvalue weighted by atomic mass is 14.9. The average Bonchev–Trinajstić information content (AvgIpc) is 2.10. The van der Waals surface area contributed by atoms with E-state index < -0.39 is 0 Å². The van der Waals surface area contributed by atoms with Crippen molar-refractivity contribution in [2.45, 2.75) is 40.2 Å². The van der Waals surface area contributed by atoms with E-state index in [4.69, 9.17) is 0 Å². The van der Waals surface area contributed by atoms with E-state index in [1.807, 2.05) is 6.21 Å². The third-order valence-corrected chi connectivity index (χ3v) is 1.80. The molecular weight excluding hydrogens is 160 g/mol. The third-order valence-electron chi connectivity index (χ3n) is 1.80. The first-order chi connectivity index (χ1) is 6.20. The van der Waals surface area contributed by atoms with E-state index in [2.05, 4.69) is 44.1 Å². The fourth-order valence-electron chi connectivity index (χ4n) is 0.950. The van der Waals surface area contributed by atoms with E-state index in [1.165, 1.54) is 5.57 Å². The summed E-state index contributed by atoms with van der Waals surface area (Å²) in [4.78, 5) is 4.23. The number of nitrogens with one attached hydrogen (secondary N) is 1. The molecule has 0 amide bonds. The molecule has 2 heteroatoms. The van der Waals surface area contributed by atoms with E-state index in [0.29, 0.717) is 6.04 Å². The summed E-state index contributed by atoms with van der Waals surface area (Å²) in [6, 6.07) is 0.426. The molecule has 0 bridgehead atoms. The standard InChI is InChI=1S/C11H22N2/c1-5-11(9-12-6-2)13-8-7-10(3)4/h7,9,11,13H,5-6,8H2,1-4H3. The Kier molecular flexibility index (Phi) is 7.60. The maximum absolute atomic E-state index is 4.23. The Hall–Kier alpha value is -0.630. The molecule has 0 radical (unpaired) electrons. The quantitative estimate of drug-likeness (QED) is 0.495. The van der Waals surface area contributed by atoms with Gasteiger partial charge in [-0.3, -0.25) is 4.99 Å². The highest BCUT2D eigenvalue weighted by Gasteiger charge is 1.98. The first kappa shape index (κ1) is 12.4. The van der Waals surface area contributed by atoms with Crippen molar-refractivity contribution in [2.24, 2.45) is 4.99 Å². The van der Waals surface area contributed by atoms with E-state index in [0.717, 1.165) is 19.5 Å². The molecule has 1 N–H and O–H groups in total. The predicted octanol–water partition coefficient (Wildman–Crippen LogP) is 2.41. The number of nitrogens with zero attached hydrogens (tertiary/aromatic N) is 1. The van der Waals surface area contributed by atoms with Crippen LogP contribution in [0.25, 0.3) is 0 Å². The van der Waals surface area contributed by atoms with Crippen LogP contribution in [0, 0.1) is 0 Å². The number of aliphatic imine (C=N–C) groups is 1. The van der Waals surface area contributed by atoms with Gasteiger partial charge in [-0.2, -0.15) is 0 Å². The Balaban J connectivity index is 3.72. The summed E-state index contributed by atoms with van der Waals surface area (Å²) in [5, 5.41) is 3.41. The van der Waals surface area contributed by atoms with Gasteiger partial charge >= 0.3 is 0 Å². The normalized spacial score (nSPS) is 13.2. The number of hydrogen-bond acceptors (Lipinski definition) is 2. The lowest BCUT2D eigenvalue weighted by atomic mass is 10.2. The average molecular weight is 182 g/mol. The fourth-order valence-corrected chi connectivity index (χ4v) is 0.950. The molecule has 0 aliphatic heterocycles. The van der Waals surface area contributed by atoms with Gasteiger partial charge in [0.1, 0.15) is 0 Å². The molecule has 0 aliphatic carbocycles. The Bertz CT molecular complexity index is 167. The molecule has 0 saturated heterocycles. The van der Waals surface area contributed by atoms with Crippen LogP contribution in [-0.2, 0) is 0 Å². The van der Waals surface area contributed by atoms with Crippen LogP contribution in [0.2, 0.25) is 0 Å². The van der Waals surface area contributed by atoms with Crippen molar-refractivity contribution < 1.29 is 0 Å². The molecule has 0 aromatic carbocycles. The molecule has 2 nitrogen and oxygen atoms in total. The largest absolute Gasteiger partial charge is 0.306 e. The smallest absolute Gasteiger partial charge is 0.0419 e. The van der Waals surface area contributed by atoms with Crippen molar-refractivity contribution in [3.8, 4) is 0 Å². The van der Waals surface area contributed by atoms with Crippen LogP contribution in [0.1, 0.15) is 34.1 Å². The van der Waals surface area contributed by atoms with E-state index in [1.54, 1.807) is 0 Å². The Morgan fingerprint density at radius 3 is 2.54 bits per heavy atom. The molecule has 0 aliphatic rings. The lowest BCUT2D eigenvalue weighted by molar-refractivity contribution is 0.651. The predicted molar refractivity (Wildman–Crippen MR) is 60.5 cm³/mol. The molecular formula is C11H22N2. The highest BCUT2D eigenvalue weighted by molar-refractivity contribution is 5.64. The maximum atomic E-state index is 4.23. The zero-order valence-electron chi connectivity index (χ0n) is 9.30. The van der Waals surface area contributed by atoms with Gasteiger partial charge in [0.05, 0.1) is 0 Å². The number of hydrogen-bond donors (Lipinski definition) is 1. The Labute approximate surface area is 82.1 Å². The summed E-state index contributed by atoms with van der Waals surface area (Å²) in [5.74, 6) is 0. The van der Waals surface area contributed by atoms with Crippen LogP contribution in [-0.4, -0.2) is 25.3 Å². The zero-order chi connectivity index (χ0) is 10.1. The second kappa shape index (κ2) is 7.99. The van der Waals surface area contributed by atoms with Crippen molar-refractivity contribution in [2.75, 3.05) is 13.1 Å². The number of rotatable bonds is 6. The minimum Gasteiger partial charge on any atom is -0.306 e. The van der Waals surface area contributed by atoms with Gasteiger partial charge in [0.15, 0.2) is 0 Å². The molecule has 0 heterocycles. The lowest BCUT2D eigenvalue weighted by Gasteiger charge is -2.09. The molecule has 0 saturated carbocycles. The first-order valence-electron chi connectivity index (χ1n) is 5.07. The van der Waals surface area contributed by atoms with Crippen LogP contribution in [0.5, 0.6) is 0 Å². The van der Waals surface area contributed by atoms with Gasteiger partial charge in [-0.15, -0.1) is 0 Å². The summed E-state index contributed by atoms with van der Waals surface area (Å²) < 4.78 is 0. The van der Waals surface area contributed by atoms with Crippen LogP contribution in [0.3, 0.4) is 0 Å². The van der Waals surface area contributed by atoms with Crippen LogP contribution in [0.15, 0.2) is 16.6 Å². The van der Waals surface area contributed by atoms with Gasteiger partial charge < -0.3 is 5.32 Å². The van der Waals surface area contributed by atoms with Crippen molar-refractivity contribution in [1.29, 1.82) is 0 Å². The Morgan fingerprint density at radius 2 is 2.08 bits per heavy atom. The minimum absolute atomic E-state index is 0.426. The van der Waals surface area contributed by atoms with Crippen molar-refractivity contribution in [3.05, 3.63) is 11.6 Å². The third kappa shape index (κ3) is 7.72. The minimum atomic E-state index is 0.426. The number of allylic oxidation sites excluding steroid dienone is 1. The monoisotopic (exact) mass is 182 g/mol. The second-order valence-corrected chi connectivity index (χ2v) is 3.35. The molecule has 0 aromatic rings. The summed E-state index contributed by atoms with van der Waals surface area (Å²) >= 11 is 0. The zero-order valence-corrected chi connectivity index (χ0v) is 9.30. The topological polar surface area (TPSA) is 24.4 Å². The van der Waals surface area contributed by atoms with Gasteiger partial charge in [-0.05, 0) is 27.2 Å². The molecule has 0 spiro atoms. The second-order valence-electron chi connectivity index (χ2n) is 3.35. The molecule has 0 rings (SSSR count). The maximum Gasteiger partial charge on any atom is 0.0419 e. The molecule has 1 unspecified atom stereocenters.